The van der Waals surface area contributed by atoms with Crippen molar-refractivity contribution in [3.63, 3.8) is 0 Å². The van der Waals surface area contributed by atoms with Crippen LogP contribution in [0.5, 0.6) is 11.5 Å². The summed E-state index contributed by atoms with van der Waals surface area (Å²) < 4.78 is 41.2. The molecule has 2 fully saturated rings. The lowest BCUT2D eigenvalue weighted by Crippen LogP contribution is -2.59. The van der Waals surface area contributed by atoms with Crippen LogP contribution in [-0.2, 0) is 31.7 Å². The Kier molecular flexibility index (Phi) is 9.28. The van der Waals surface area contributed by atoms with Crippen LogP contribution in [0.2, 0.25) is 5.02 Å². The second-order valence-corrected chi connectivity index (χ2v) is 14.8. The molecule has 0 spiro atoms. The minimum atomic E-state index is -4.44. The Labute approximate surface area is 281 Å². The summed E-state index contributed by atoms with van der Waals surface area (Å²) in [5.41, 5.74) is 0.273. The number of likely N-dealkylation sites (N-methyl/N-ethyl adjacent to an activating group) is 1. The highest BCUT2D eigenvalue weighted by atomic mass is 35.5. The van der Waals surface area contributed by atoms with Gasteiger partial charge in [-0.2, -0.15) is 0 Å². The van der Waals surface area contributed by atoms with Gasteiger partial charge in [-0.1, -0.05) is 24.1 Å². The standard InChI is InChI=1S/C35H41ClN4O6S/c1-37(2)33(41)31-9-8-20-39(31)35(29-21-24(10-17-32(29)46-4)23-38-18-6-5-7-19-38)28-22-25(36)11-16-30(28)40(34(35)42)47(43,44)27-14-12-26(45-3)13-15-27/h10-17,21-22,31H,5-9,18-20,23H2,1-4H3/t31-,35?/m0/s1. The molecule has 1 unspecified atom stereocenters. The van der Waals surface area contributed by atoms with Crippen molar-refractivity contribution in [2.24, 2.45) is 0 Å². The molecule has 12 heteroatoms. The molecule has 2 amide bonds. The molecule has 0 bridgehead atoms. The summed E-state index contributed by atoms with van der Waals surface area (Å²) in [6, 6.07) is 15.8. The van der Waals surface area contributed by atoms with E-state index >= 15 is 4.79 Å². The van der Waals surface area contributed by atoms with Crippen LogP contribution in [0.15, 0.2) is 65.6 Å². The number of methoxy groups -OCH3 is 2. The van der Waals surface area contributed by atoms with E-state index in [9.17, 15) is 13.2 Å². The number of sulfonamides is 1. The first-order chi connectivity index (χ1) is 22.5. The molecular formula is C35H41ClN4O6S. The second kappa shape index (κ2) is 13.1. The number of benzene rings is 3. The summed E-state index contributed by atoms with van der Waals surface area (Å²) in [5.74, 6) is 0.0181. The SMILES string of the molecule is COc1ccc(S(=O)(=O)N2C(=O)C(c3cc(CN4CCCCC4)ccc3OC)(N3CCC[C@H]3C(=O)N(C)C)c3cc(Cl)ccc32)cc1. The first-order valence-corrected chi connectivity index (χ1v) is 17.8. The van der Waals surface area contributed by atoms with Crippen LogP contribution in [0, 0.1) is 0 Å². The van der Waals surface area contributed by atoms with E-state index in [0.29, 0.717) is 53.6 Å². The van der Waals surface area contributed by atoms with Gasteiger partial charge in [0.2, 0.25) is 5.91 Å². The lowest BCUT2D eigenvalue weighted by Gasteiger charge is -2.42. The molecule has 3 heterocycles. The van der Waals surface area contributed by atoms with Crippen LogP contribution < -0.4 is 13.8 Å². The predicted molar refractivity (Wildman–Crippen MR) is 180 cm³/mol. The molecule has 250 valence electrons. The molecule has 0 aromatic heterocycles. The lowest BCUT2D eigenvalue weighted by atomic mass is 9.80. The number of carbonyl (C=O) groups excluding carboxylic acids is 2. The number of ether oxygens (including phenoxy) is 2. The Morgan fingerprint density at radius 1 is 0.915 bits per heavy atom. The Morgan fingerprint density at radius 2 is 1.64 bits per heavy atom. The van der Waals surface area contributed by atoms with Gasteiger partial charge in [-0.3, -0.25) is 19.4 Å². The van der Waals surface area contributed by atoms with E-state index in [2.05, 4.69) is 4.90 Å². The molecule has 3 aliphatic heterocycles. The van der Waals surface area contributed by atoms with Gasteiger partial charge >= 0.3 is 0 Å². The highest BCUT2D eigenvalue weighted by Gasteiger charge is 2.63. The number of amides is 2. The Morgan fingerprint density at radius 3 is 2.30 bits per heavy atom. The van der Waals surface area contributed by atoms with E-state index in [1.165, 1.54) is 37.7 Å². The minimum absolute atomic E-state index is 0.0727. The number of carbonyl (C=O) groups is 2. The van der Waals surface area contributed by atoms with Crippen LogP contribution in [0.25, 0.3) is 0 Å². The third kappa shape index (κ3) is 5.67. The molecule has 2 atom stereocenters. The van der Waals surface area contributed by atoms with Gasteiger partial charge in [-0.15, -0.1) is 0 Å². The molecule has 0 N–H and O–H groups in total. The summed E-state index contributed by atoms with van der Waals surface area (Å²) >= 11 is 6.66. The average molecular weight is 681 g/mol. The average Bonchev–Trinajstić information content (AvgIpc) is 3.65. The molecule has 3 aromatic rings. The number of piperidine rings is 1. The highest BCUT2D eigenvalue weighted by molar-refractivity contribution is 7.93. The van der Waals surface area contributed by atoms with Crippen LogP contribution in [0.3, 0.4) is 0 Å². The maximum atomic E-state index is 15.5. The number of hydrogen-bond donors (Lipinski definition) is 0. The number of anilines is 1. The summed E-state index contributed by atoms with van der Waals surface area (Å²) in [7, 11) is 1.97. The lowest BCUT2D eigenvalue weighted by molar-refractivity contribution is -0.138. The molecule has 2 saturated heterocycles. The van der Waals surface area contributed by atoms with Gasteiger partial charge in [0.05, 0.1) is 30.8 Å². The molecule has 0 aliphatic carbocycles. The van der Waals surface area contributed by atoms with Crippen LogP contribution in [0.1, 0.15) is 48.8 Å². The fourth-order valence-corrected chi connectivity index (χ4v) is 9.00. The fourth-order valence-electron chi connectivity index (χ4n) is 7.37. The third-order valence-corrected chi connectivity index (χ3v) is 11.5. The van der Waals surface area contributed by atoms with Crippen LogP contribution in [-0.4, -0.2) is 88.9 Å². The van der Waals surface area contributed by atoms with E-state index in [1.54, 1.807) is 44.4 Å². The Bertz CT molecular complexity index is 1780. The van der Waals surface area contributed by atoms with Crippen molar-refractivity contribution < 1.29 is 27.5 Å². The van der Waals surface area contributed by atoms with Gasteiger partial charge in [0.15, 0.2) is 5.54 Å². The van der Waals surface area contributed by atoms with Gasteiger partial charge < -0.3 is 14.4 Å². The Balaban J connectivity index is 1.62. The zero-order valence-electron chi connectivity index (χ0n) is 27.2. The van der Waals surface area contributed by atoms with Crippen molar-refractivity contribution in [1.82, 2.24) is 14.7 Å². The van der Waals surface area contributed by atoms with E-state index in [4.69, 9.17) is 21.1 Å². The predicted octanol–water partition coefficient (Wildman–Crippen LogP) is 4.87. The van der Waals surface area contributed by atoms with E-state index in [1.807, 2.05) is 23.1 Å². The van der Waals surface area contributed by atoms with Gasteiger partial charge in [-0.05, 0) is 98.9 Å². The largest absolute Gasteiger partial charge is 0.497 e. The van der Waals surface area contributed by atoms with Gasteiger partial charge in [0.25, 0.3) is 15.9 Å². The van der Waals surface area contributed by atoms with Crippen molar-refractivity contribution in [1.29, 1.82) is 0 Å². The molecule has 0 radical (unpaired) electrons. The molecule has 6 rings (SSSR count). The summed E-state index contributed by atoms with van der Waals surface area (Å²) in [6.45, 7) is 2.99. The second-order valence-electron chi connectivity index (χ2n) is 12.6. The van der Waals surface area contributed by atoms with Gasteiger partial charge in [-0.25, -0.2) is 12.7 Å². The molecule has 0 saturated carbocycles. The quantitative estimate of drug-likeness (QED) is 0.316. The number of likely N-dealkylation sites (tertiary alicyclic amines) is 2. The first kappa shape index (κ1) is 33.3. The summed E-state index contributed by atoms with van der Waals surface area (Å²) in [6.07, 6.45) is 4.59. The third-order valence-electron chi connectivity index (χ3n) is 9.58. The van der Waals surface area contributed by atoms with Crippen molar-refractivity contribution in [3.05, 3.63) is 82.4 Å². The van der Waals surface area contributed by atoms with Crippen molar-refractivity contribution in [2.75, 3.05) is 52.3 Å². The highest BCUT2D eigenvalue weighted by Crippen LogP contribution is 2.55. The van der Waals surface area contributed by atoms with Crippen molar-refractivity contribution in [3.8, 4) is 11.5 Å². The Hall–Kier alpha value is -3.64. The molecule has 47 heavy (non-hydrogen) atoms. The number of nitrogens with zero attached hydrogens (tertiary/aromatic N) is 4. The normalized spacial score (nSPS) is 21.9. The first-order valence-electron chi connectivity index (χ1n) is 16.0. The van der Waals surface area contributed by atoms with Crippen LogP contribution >= 0.6 is 11.6 Å². The molecule has 3 aromatic carbocycles. The van der Waals surface area contributed by atoms with Crippen LogP contribution in [0.4, 0.5) is 5.69 Å². The van der Waals surface area contributed by atoms with Gasteiger partial charge in [0, 0.05) is 43.3 Å². The summed E-state index contributed by atoms with van der Waals surface area (Å²) in [5, 5.41) is 0.336. The zero-order chi connectivity index (χ0) is 33.5. The number of halogens is 1. The zero-order valence-corrected chi connectivity index (χ0v) is 28.8. The number of hydrogen-bond acceptors (Lipinski definition) is 8. The molecule has 10 nitrogen and oxygen atoms in total. The van der Waals surface area contributed by atoms with E-state index in [-0.39, 0.29) is 16.5 Å². The molecule has 3 aliphatic rings. The molecular weight excluding hydrogens is 640 g/mol. The maximum Gasteiger partial charge on any atom is 0.271 e. The van der Waals surface area contributed by atoms with Crippen molar-refractivity contribution >= 4 is 39.1 Å². The maximum absolute atomic E-state index is 15.5. The smallest absolute Gasteiger partial charge is 0.271 e. The topological polar surface area (TPSA) is 99.7 Å². The fraction of sp³-hybridized carbons (Fsp3) is 0.429. The van der Waals surface area contributed by atoms with Gasteiger partial charge in [0.1, 0.15) is 11.5 Å². The monoisotopic (exact) mass is 680 g/mol. The number of fused-ring (bicyclic) bond motifs is 1. The summed E-state index contributed by atoms with van der Waals surface area (Å²) in [4.78, 5) is 35.0. The van der Waals surface area contributed by atoms with E-state index < -0.39 is 27.5 Å². The van der Waals surface area contributed by atoms with Crippen molar-refractivity contribution in [2.45, 2.75) is 55.1 Å². The number of rotatable bonds is 9. The minimum Gasteiger partial charge on any atom is -0.497 e. The van der Waals surface area contributed by atoms with E-state index in [0.717, 1.165) is 35.8 Å².